The highest BCUT2D eigenvalue weighted by atomic mass is 16.6. The van der Waals surface area contributed by atoms with Gasteiger partial charge in [-0.3, -0.25) is 4.79 Å². The number of carbonyl (C=O) groups is 2. The molecule has 0 unspecified atom stereocenters. The quantitative estimate of drug-likeness (QED) is 0.526. The molecule has 70 valence electrons. The zero-order chi connectivity index (χ0) is 8.97. The molecule has 0 aliphatic rings. The first kappa shape index (κ1) is 11.3. The lowest BCUT2D eigenvalue weighted by atomic mass is 10.2. The zero-order valence-electron chi connectivity index (χ0n) is 7.32. The van der Waals surface area contributed by atoms with Crippen molar-refractivity contribution in [3.63, 3.8) is 0 Å². The number of hydrogen-bond acceptors (Lipinski definition) is 4. The Morgan fingerprint density at radius 3 is 2.15 bits per heavy atom. The second-order valence-corrected chi connectivity index (χ2v) is 2.25. The minimum Gasteiger partial charge on any atom is -0.390 e. The van der Waals surface area contributed by atoms with Crippen LogP contribution in [0.5, 0.6) is 0 Å². The second-order valence-electron chi connectivity index (χ2n) is 2.25. The fourth-order valence-electron chi connectivity index (χ4n) is 0.764. The highest BCUT2D eigenvalue weighted by molar-refractivity contribution is 5.96. The molecule has 13 heavy (non-hydrogen) atoms. The lowest BCUT2D eigenvalue weighted by molar-refractivity contribution is -0.135. The minimum atomic E-state index is -0.608. The fourth-order valence-corrected chi connectivity index (χ4v) is 0.764. The van der Waals surface area contributed by atoms with Gasteiger partial charge in [-0.1, -0.05) is 18.2 Å². The standard InChI is InChI=1S/C9H8O3.H3N/c1-7(10)12-9(11)8-5-3-2-4-6-8;/h2-6H,1H3;1H3. The topological polar surface area (TPSA) is 78.4 Å². The van der Waals surface area contributed by atoms with Crippen molar-refractivity contribution >= 4 is 11.9 Å². The van der Waals surface area contributed by atoms with Crippen molar-refractivity contribution in [1.82, 2.24) is 6.15 Å². The first-order chi connectivity index (χ1) is 5.70. The summed E-state index contributed by atoms with van der Waals surface area (Å²) < 4.78 is 4.36. The van der Waals surface area contributed by atoms with Crippen LogP contribution in [0.25, 0.3) is 0 Å². The molecule has 0 aliphatic carbocycles. The third-order valence-corrected chi connectivity index (χ3v) is 1.25. The van der Waals surface area contributed by atoms with Crippen LogP contribution in [0.3, 0.4) is 0 Å². The molecule has 4 nitrogen and oxygen atoms in total. The molecule has 0 spiro atoms. The van der Waals surface area contributed by atoms with Gasteiger partial charge in [-0.25, -0.2) is 4.79 Å². The van der Waals surface area contributed by atoms with Crippen LogP contribution in [0.4, 0.5) is 0 Å². The summed E-state index contributed by atoms with van der Waals surface area (Å²) in [6.07, 6.45) is 0. The number of benzene rings is 1. The van der Waals surface area contributed by atoms with E-state index in [-0.39, 0.29) is 6.15 Å². The highest BCUT2D eigenvalue weighted by Gasteiger charge is 2.07. The van der Waals surface area contributed by atoms with Crippen LogP contribution in [0.15, 0.2) is 30.3 Å². The molecule has 3 N–H and O–H groups in total. The van der Waals surface area contributed by atoms with Gasteiger partial charge in [0.2, 0.25) is 0 Å². The Morgan fingerprint density at radius 2 is 1.69 bits per heavy atom. The summed E-state index contributed by atoms with van der Waals surface area (Å²) in [6.45, 7) is 1.20. The van der Waals surface area contributed by atoms with E-state index in [0.717, 1.165) is 0 Å². The summed E-state index contributed by atoms with van der Waals surface area (Å²) in [5, 5.41) is 0. The lowest BCUT2D eigenvalue weighted by Crippen LogP contribution is -2.08. The van der Waals surface area contributed by atoms with E-state index >= 15 is 0 Å². The van der Waals surface area contributed by atoms with Crippen LogP contribution in [-0.2, 0) is 9.53 Å². The van der Waals surface area contributed by atoms with Gasteiger partial charge in [0.05, 0.1) is 5.56 Å². The van der Waals surface area contributed by atoms with Crippen LogP contribution in [0.2, 0.25) is 0 Å². The maximum absolute atomic E-state index is 11.0. The van der Waals surface area contributed by atoms with Gasteiger partial charge in [-0.05, 0) is 12.1 Å². The van der Waals surface area contributed by atoms with Crippen LogP contribution >= 0.6 is 0 Å². The Labute approximate surface area is 76.1 Å². The monoisotopic (exact) mass is 181 g/mol. The molecule has 0 fully saturated rings. The summed E-state index contributed by atoms with van der Waals surface area (Å²) in [6, 6.07) is 8.37. The molecule has 0 aliphatic heterocycles. The zero-order valence-corrected chi connectivity index (χ0v) is 7.32. The first-order valence-corrected chi connectivity index (χ1v) is 3.48. The first-order valence-electron chi connectivity index (χ1n) is 3.48. The average Bonchev–Trinajstić information content (AvgIpc) is 2.05. The van der Waals surface area contributed by atoms with Gasteiger partial charge in [-0.2, -0.15) is 0 Å². The Balaban J connectivity index is 0.00000144. The number of hydrogen-bond donors (Lipinski definition) is 1. The summed E-state index contributed by atoms with van der Waals surface area (Å²) in [7, 11) is 0. The summed E-state index contributed by atoms with van der Waals surface area (Å²) in [4.78, 5) is 21.4. The summed E-state index contributed by atoms with van der Waals surface area (Å²) >= 11 is 0. The van der Waals surface area contributed by atoms with Crippen molar-refractivity contribution in [2.24, 2.45) is 0 Å². The maximum Gasteiger partial charge on any atom is 0.345 e. The smallest absolute Gasteiger partial charge is 0.345 e. The molecule has 0 saturated heterocycles. The lowest BCUT2D eigenvalue weighted by Gasteiger charge is -1.97. The van der Waals surface area contributed by atoms with Gasteiger partial charge in [0.15, 0.2) is 0 Å². The SMILES string of the molecule is CC(=O)OC(=O)c1ccccc1.N. The molecular weight excluding hydrogens is 170 g/mol. The normalized spacial score (nSPS) is 8.38. The van der Waals surface area contributed by atoms with Crippen molar-refractivity contribution in [2.45, 2.75) is 6.92 Å². The Kier molecular flexibility index (Phi) is 4.40. The van der Waals surface area contributed by atoms with Gasteiger partial charge in [0, 0.05) is 6.92 Å². The van der Waals surface area contributed by atoms with E-state index in [1.807, 2.05) is 0 Å². The van der Waals surface area contributed by atoms with E-state index in [9.17, 15) is 9.59 Å². The van der Waals surface area contributed by atoms with Crippen LogP contribution < -0.4 is 6.15 Å². The molecule has 0 heterocycles. The molecule has 0 aromatic heterocycles. The predicted molar refractivity (Wildman–Crippen MR) is 47.6 cm³/mol. The van der Waals surface area contributed by atoms with Crippen LogP contribution in [-0.4, -0.2) is 11.9 Å². The Bertz CT molecular complexity index is 295. The van der Waals surface area contributed by atoms with Crippen molar-refractivity contribution in [3.05, 3.63) is 35.9 Å². The van der Waals surface area contributed by atoms with Crippen LogP contribution in [0, 0.1) is 0 Å². The Morgan fingerprint density at radius 1 is 1.15 bits per heavy atom. The molecule has 1 aromatic rings. The summed E-state index contributed by atoms with van der Waals surface area (Å²) in [5.41, 5.74) is 0.382. The van der Waals surface area contributed by atoms with Gasteiger partial charge in [0.1, 0.15) is 0 Å². The molecule has 4 heteroatoms. The molecule has 1 rings (SSSR count). The van der Waals surface area contributed by atoms with E-state index in [0.29, 0.717) is 5.56 Å². The van der Waals surface area contributed by atoms with Crippen molar-refractivity contribution in [2.75, 3.05) is 0 Å². The predicted octanol–water partition coefficient (Wildman–Crippen LogP) is 1.55. The molecule has 1 aromatic carbocycles. The molecule has 0 amide bonds. The third kappa shape index (κ3) is 3.48. The van der Waals surface area contributed by atoms with Crippen LogP contribution in [0.1, 0.15) is 17.3 Å². The fraction of sp³-hybridized carbons (Fsp3) is 0.111. The molecule has 0 saturated carbocycles. The number of carbonyl (C=O) groups excluding carboxylic acids is 2. The maximum atomic E-state index is 11.0. The number of rotatable bonds is 1. The molecule has 0 radical (unpaired) electrons. The summed E-state index contributed by atoms with van der Waals surface area (Å²) in [5.74, 6) is -1.20. The van der Waals surface area contributed by atoms with E-state index < -0.39 is 11.9 Å². The van der Waals surface area contributed by atoms with E-state index in [1.165, 1.54) is 6.92 Å². The second kappa shape index (κ2) is 5.05. The van der Waals surface area contributed by atoms with Gasteiger partial charge in [0.25, 0.3) is 0 Å². The van der Waals surface area contributed by atoms with Crippen molar-refractivity contribution in [1.29, 1.82) is 0 Å². The average molecular weight is 181 g/mol. The van der Waals surface area contributed by atoms with E-state index in [2.05, 4.69) is 4.74 Å². The third-order valence-electron chi connectivity index (χ3n) is 1.25. The van der Waals surface area contributed by atoms with Crippen molar-refractivity contribution < 1.29 is 14.3 Å². The largest absolute Gasteiger partial charge is 0.390 e. The number of ether oxygens (including phenoxy) is 1. The molecule has 0 atom stereocenters. The Hall–Kier alpha value is -1.68. The van der Waals surface area contributed by atoms with E-state index in [4.69, 9.17) is 0 Å². The van der Waals surface area contributed by atoms with Crippen molar-refractivity contribution in [3.8, 4) is 0 Å². The minimum absolute atomic E-state index is 0. The van der Waals surface area contributed by atoms with E-state index in [1.54, 1.807) is 30.3 Å². The molecular formula is C9H11NO3. The molecule has 0 bridgehead atoms. The van der Waals surface area contributed by atoms with Gasteiger partial charge >= 0.3 is 11.9 Å². The van der Waals surface area contributed by atoms with Gasteiger partial charge < -0.3 is 10.9 Å². The highest BCUT2D eigenvalue weighted by Crippen LogP contribution is 2.00. The van der Waals surface area contributed by atoms with Gasteiger partial charge in [-0.15, -0.1) is 0 Å². The number of esters is 2.